The van der Waals surface area contributed by atoms with Gasteiger partial charge >= 0.3 is 0 Å². The van der Waals surface area contributed by atoms with Crippen LogP contribution < -0.4 is 5.32 Å². The van der Waals surface area contributed by atoms with E-state index in [0.29, 0.717) is 12.1 Å². The largest absolute Gasteiger partial charge is 0.355 e. The number of rotatable bonds is 2. The van der Waals surface area contributed by atoms with Crippen LogP contribution in [0.3, 0.4) is 0 Å². The van der Waals surface area contributed by atoms with Gasteiger partial charge in [-0.1, -0.05) is 0 Å². The SMILES string of the molecule is Cc1[nH]ncc1CC1=NC(O)NC1=O. The van der Waals surface area contributed by atoms with Gasteiger partial charge in [-0.25, -0.2) is 4.99 Å². The number of H-pyrrole nitrogens is 1. The third-order valence-electron chi connectivity index (χ3n) is 2.09. The van der Waals surface area contributed by atoms with Crippen LogP contribution in [0.1, 0.15) is 11.3 Å². The minimum atomic E-state index is -1.09. The molecule has 1 aromatic rings. The van der Waals surface area contributed by atoms with Crippen molar-refractivity contribution < 1.29 is 9.90 Å². The van der Waals surface area contributed by atoms with Crippen LogP contribution >= 0.6 is 0 Å². The number of aliphatic hydroxyl groups excluding tert-OH is 1. The maximum atomic E-state index is 11.2. The zero-order valence-electron chi connectivity index (χ0n) is 7.61. The monoisotopic (exact) mass is 194 g/mol. The topological polar surface area (TPSA) is 90.4 Å². The first kappa shape index (κ1) is 8.89. The van der Waals surface area contributed by atoms with Crippen LogP contribution in [0.25, 0.3) is 0 Å². The molecule has 6 heteroatoms. The van der Waals surface area contributed by atoms with Crippen LogP contribution in [0.15, 0.2) is 11.2 Å². The molecule has 1 aromatic heterocycles. The molecule has 0 fully saturated rings. The van der Waals surface area contributed by atoms with Crippen molar-refractivity contribution in [2.24, 2.45) is 4.99 Å². The predicted molar refractivity (Wildman–Crippen MR) is 48.6 cm³/mol. The van der Waals surface area contributed by atoms with Crippen molar-refractivity contribution in [2.45, 2.75) is 19.7 Å². The zero-order chi connectivity index (χ0) is 10.1. The summed E-state index contributed by atoms with van der Waals surface area (Å²) in [5.41, 5.74) is 2.15. The molecule has 0 saturated carbocycles. The molecule has 2 heterocycles. The first-order chi connectivity index (χ1) is 6.66. The number of hydrogen-bond acceptors (Lipinski definition) is 4. The second kappa shape index (κ2) is 3.22. The maximum Gasteiger partial charge on any atom is 0.269 e. The molecule has 0 radical (unpaired) electrons. The number of nitrogens with zero attached hydrogens (tertiary/aromatic N) is 2. The van der Waals surface area contributed by atoms with Gasteiger partial charge in [-0.3, -0.25) is 9.89 Å². The number of carbonyl (C=O) groups excluding carboxylic acids is 1. The van der Waals surface area contributed by atoms with E-state index < -0.39 is 6.35 Å². The Hall–Kier alpha value is -1.69. The highest BCUT2D eigenvalue weighted by Crippen LogP contribution is 2.07. The van der Waals surface area contributed by atoms with Gasteiger partial charge in [-0.15, -0.1) is 0 Å². The Morgan fingerprint density at radius 1 is 1.64 bits per heavy atom. The molecule has 0 saturated heterocycles. The summed E-state index contributed by atoms with van der Waals surface area (Å²) in [6, 6.07) is 0. The summed E-state index contributed by atoms with van der Waals surface area (Å²) in [4.78, 5) is 14.9. The highest BCUT2D eigenvalue weighted by atomic mass is 16.3. The zero-order valence-corrected chi connectivity index (χ0v) is 7.61. The fourth-order valence-corrected chi connectivity index (χ4v) is 1.30. The lowest BCUT2D eigenvalue weighted by molar-refractivity contribution is -0.116. The van der Waals surface area contributed by atoms with Crippen LogP contribution in [0.2, 0.25) is 0 Å². The third kappa shape index (κ3) is 1.51. The Morgan fingerprint density at radius 3 is 2.93 bits per heavy atom. The van der Waals surface area contributed by atoms with E-state index in [0.717, 1.165) is 11.3 Å². The van der Waals surface area contributed by atoms with E-state index in [2.05, 4.69) is 20.5 Å². The summed E-state index contributed by atoms with van der Waals surface area (Å²) in [5.74, 6) is -0.321. The average Bonchev–Trinajstić information content (AvgIpc) is 2.62. The molecule has 0 bridgehead atoms. The molecule has 1 atom stereocenters. The van der Waals surface area contributed by atoms with Crippen LogP contribution in [-0.4, -0.2) is 33.3 Å². The minimum Gasteiger partial charge on any atom is -0.355 e. The van der Waals surface area contributed by atoms with E-state index in [1.54, 1.807) is 6.20 Å². The van der Waals surface area contributed by atoms with Crippen molar-refractivity contribution >= 4 is 11.6 Å². The number of aromatic amines is 1. The summed E-state index contributed by atoms with van der Waals surface area (Å²) < 4.78 is 0. The van der Waals surface area contributed by atoms with Crippen molar-refractivity contribution in [2.75, 3.05) is 0 Å². The molecule has 3 N–H and O–H groups in total. The van der Waals surface area contributed by atoms with Crippen LogP contribution in [0.4, 0.5) is 0 Å². The summed E-state index contributed by atoms with van der Waals surface area (Å²) in [6.07, 6.45) is 0.950. The number of amides is 1. The molecule has 0 spiro atoms. The Bertz CT molecular complexity index is 396. The Balaban J connectivity index is 2.16. The van der Waals surface area contributed by atoms with Crippen molar-refractivity contribution in [3.63, 3.8) is 0 Å². The van der Waals surface area contributed by atoms with Crippen LogP contribution in [-0.2, 0) is 11.2 Å². The number of aryl methyl sites for hydroxylation is 1. The van der Waals surface area contributed by atoms with Crippen molar-refractivity contribution in [1.29, 1.82) is 0 Å². The van der Waals surface area contributed by atoms with E-state index in [4.69, 9.17) is 5.11 Å². The lowest BCUT2D eigenvalue weighted by Gasteiger charge is -1.96. The predicted octanol–water partition coefficient (Wildman–Crippen LogP) is -0.893. The Labute approximate surface area is 80.0 Å². The highest BCUT2D eigenvalue weighted by molar-refractivity contribution is 6.40. The molecule has 6 nitrogen and oxygen atoms in total. The van der Waals surface area contributed by atoms with Gasteiger partial charge in [0.1, 0.15) is 5.71 Å². The minimum absolute atomic E-state index is 0.321. The summed E-state index contributed by atoms with van der Waals surface area (Å²) >= 11 is 0. The number of aliphatic imine (C=N–C) groups is 1. The smallest absolute Gasteiger partial charge is 0.269 e. The number of aromatic nitrogens is 2. The van der Waals surface area contributed by atoms with E-state index in [1.165, 1.54) is 0 Å². The van der Waals surface area contributed by atoms with E-state index in [1.807, 2.05) is 6.92 Å². The molecule has 1 aliphatic rings. The van der Waals surface area contributed by atoms with Gasteiger partial charge in [0.2, 0.25) is 6.35 Å². The van der Waals surface area contributed by atoms with Crippen molar-refractivity contribution in [3.8, 4) is 0 Å². The van der Waals surface area contributed by atoms with Crippen molar-refractivity contribution in [1.82, 2.24) is 15.5 Å². The number of aliphatic hydroxyl groups is 1. The maximum absolute atomic E-state index is 11.2. The van der Waals surface area contributed by atoms with Crippen LogP contribution in [0.5, 0.6) is 0 Å². The fourth-order valence-electron chi connectivity index (χ4n) is 1.30. The second-order valence-corrected chi connectivity index (χ2v) is 3.12. The fraction of sp³-hybridized carbons (Fsp3) is 0.375. The van der Waals surface area contributed by atoms with Gasteiger partial charge in [0.15, 0.2) is 0 Å². The van der Waals surface area contributed by atoms with Gasteiger partial charge < -0.3 is 10.4 Å². The van der Waals surface area contributed by atoms with Gasteiger partial charge in [0.05, 0.1) is 6.20 Å². The number of hydrogen-bond donors (Lipinski definition) is 3. The number of carbonyl (C=O) groups is 1. The van der Waals surface area contributed by atoms with Gasteiger partial charge in [0.25, 0.3) is 5.91 Å². The van der Waals surface area contributed by atoms with Gasteiger partial charge in [0, 0.05) is 12.1 Å². The molecule has 0 aliphatic carbocycles. The molecular formula is C8H10N4O2. The summed E-state index contributed by atoms with van der Waals surface area (Å²) in [7, 11) is 0. The lowest BCUT2D eigenvalue weighted by atomic mass is 10.1. The molecule has 2 rings (SSSR count). The van der Waals surface area contributed by atoms with E-state index in [-0.39, 0.29) is 5.91 Å². The molecular weight excluding hydrogens is 184 g/mol. The third-order valence-corrected chi connectivity index (χ3v) is 2.09. The summed E-state index contributed by atoms with van der Waals surface area (Å²) in [6.45, 7) is 1.87. The molecule has 14 heavy (non-hydrogen) atoms. The van der Waals surface area contributed by atoms with E-state index >= 15 is 0 Å². The quantitative estimate of drug-likeness (QED) is 0.570. The highest BCUT2D eigenvalue weighted by Gasteiger charge is 2.23. The van der Waals surface area contributed by atoms with Gasteiger partial charge in [-0.05, 0) is 12.5 Å². The molecule has 1 aliphatic heterocycles. The Kier molecular flexibility index (Phi) is 2.05. The molecule has 0 aromatic carbocycles. The van der Waals surface area contributed by atoms with Crippen LogP contribution in [0, 0.1) is 6.92 Å². The standard InChI is InChI=1S/C8H10N4O2/c1-4-5(3-9-12-4)2-6-7(13)11-8(14)10-6/h3,8,14H,2H2,1H3,(H,9,12)(H,11,13). The van der Waals surface area contributed by atoms with Crippen molar-refractivity contribution in [3.05, 3.63) is 17.5 Å². The lowest BCUT2D eigenvalue weighted by Crippen LogP contribution is -2.29. The molecule has 74 valence electrons. The first-order valence-corrected chi connectivity index (χ1v) is 4.21. The summed E-state index contributed by atoms with van der Waals surface area (Å²) in [5, 5.41) is 17.9. The molecule has 1 amide bonds. The number of nitrogens with one attached hydrogen (secondary N) is 2. The Morgan fingerprint density at radius 2 is 2.43 bits per heavy atom. The average molecular weight is 194 g/mol. The second-order valence-electron chi connectivity index (χ2n) is 3.12. The molecule has 1 unspecified atom stereocenters. The normalized spacial score (nSPS) is 20.9. The first-order valence-electron chi connectivity index (χ1n) is 4.21. The van der Waals surface area contributed by atoms with E-state index in [9.17, 15) is 4.79 Å². The van der Waals surface area contributed by atoms with Gasteiger partial charge in [-0.2, -0.15) is 5.10 Å².